The average molecular weight is 296 g/mol. The molecule has 2 atom stereocenters. The van der Waals surface area contributed by atoms with Gasteiger partial charge in [0.25, 0.3) is 0 Å². The number of rotatable bonds is 4. The number of methoxy groups -OCH3 is 2. The zero-order valence-electron chi connectivity index (χ0n) is 12.4. The van der Waals surface area contributed by atoms with Gasteiger partial charge in [-0.3, -0.25) is 4.79 Å². The van der Waals surface area contributed by atoms with Gasteiger partial charge in [0.05, 0.1) is 13.2 Å². The summed E-state index contributed by atoms with van der Waals surface area (Å²) in [7, 11) is 3.12. The van der Waals surface area contributed by atoms with Crippen molar-refractivity contribution in [3.8, 4) is 0 Å². The number of ether oxygens (including phenoxy) is 2. The van der Waals surface area contributed by atoms with E-state index in [1.165, 1.54) is 7.11 Å². The van der Waals surface area contributed by atoms with E-state index in [-0.39, 0.29) is 0 Å². The van der Waals surface area contributed by atoms with E-state index in [4.69, 9.17) is 9.47 Å². The lowest BCUT2D eigenvalue weighted by atomic mass is 9.84. The van der Waals surface area contributed by atoms with E-state index in [2.05, 4.69) is 0 Å². The third-order valence-electron chi connectivity index (χ3n) is 4.14. The van der Waals surface area contributed by atoms with Gasteiger partial charge in [-0.05, 0) is 40.1 Å². The minimum Gasteiger partial charge on any atom is -0.500 e. The predicted molar refractivity (Wildman–Crippen MR) is 83.6 cm³/mol. The van der Waals surface area contributed by atoms with Gasteiger partial charge in [0.2, 0.25) is 0 Å². The maximum atomic E-state index is 11.4. The molecule has 0 saturated carbocycles. The fourth-order valence-corrected chi connectivity index (χ4v) is 3.06. The molecular weight excluding hydrogens is 280 g/mol. The summed E-state index contributed by atoms with van der Waals surface area (Å²) in [6.45, 7) is 0. The largest absolute Gasteiger partial charge is 0.500 e. The molecule has 0 bridgehead atoms. The molecule has 2 unspecified atom stereocenters. The van der Waals surface area contributed by atoms with Crippen LogP contribution in [0, 0.1) is 5.92 Å². The Morgan fingerprint density at radius 2 is 1.95 bits per heavy atom. The van der Waals surface area contributed by atoms with Crippen molar-refractivity contribution in [3.63, 3.8) is 0 Å². The molecule has 3 rings (SSSR count). The standard InChI is InChI=1S/C18H16O4/c1-21-17-8-13-7-14-11(4-3-5-12(14)9-19)6-15(13)18(22-2)16(17)10-20/h3-10,16,18H,1-2H3. The Bertz CT molecular complexity index is 776. The molecule has 4 heteroatoms. The lowest BCUT2D eigenvalue weighted by molar-refractivity contribution is -0.115. The Hall–Kier alpha value is -2.46. The van der Waals surface area contributed by atoms with Crippen LogP contribution in [0.5, 0.6) is 0 Å². The second kappa shape index (κ2) is 5.73. The van der Waals surface area contributed by atoms with Gasteiger partial charge in [0.15, 0.2) is 6.29 Å². The van der Waals surface area contributed by atoms with Crippen LogP contribution in [0.3, 0.4) is 0 Å². The van der Waals surface area contributed by atoms with Gasteiger partial charge in [-0.25, -0.2) is 0 Å². The molecule has 112 valence electrons. The van der Waals surface area contributed by atoms with Crippen LogP contribution in [-0.2, 0) is 14.3 Å². The fraction of sp³-hybridized carbons (Fsp3) is 0.222. The molecule has 0 amide bonds. The maximum Gasteiger partial charge on any atom is 0.150 e. The van der Waals surface area contributed by atoms with E-state index < -0.39 is 12.0 Å². The summed E-state index contributed by atoms with van der Waals surface area (Å²) in [6, 6.07) is 9.50. The van der Waals surface area contributed by atoms with E-state index in [0.29, 0.717) is 11.3 Å². The summed E-state index contributed by atoms with van der Waals surface area (Å²) in [5.74, 6) is 0.103. The Kier molecular flexibility index (Phi) is 3.77. The first-order valence-corrected chi connectivity index (χ1v) is 6.99. The molecule has 0 saturated heterocycles. The van der Waals surface area contributed by atoms with Gasteiger partial charge < -0.3 is 14.3 Å². The first-order chi connectivity index (χ1) is 10.7. The van der Waals surface area contributed by atoms with Crippen LogP contribution in [0.1, 0.15) is 27.6 Å². The van der Waals surface area contributed by atoms with Crippen LogP contribution in [0.15, 0.2) is 36.1 Å². The monoisotopic (exact) mass is 296 g/mol. The lowest BCUT2D eigenvalue weighted by Gasteiger charge is -2.29. The minimum absolute atomic E-state index is 0.392. The highest BCUT2D eigenvalue weighted by Gasteiger charge is 2.33. The van der Waals surface area contributed by atoms with E-state index in [0.717, 1.165) is 34.5 Å². The van der Waals surface area contributed by atoms with Crippen molar-refractivity contribution in [2.45, 2.75) is 6.10 Å². The van der Waals surface area contributed by atoms with Crippen LogP contribution in [0.25, 0.3) is 16.8 Å². The molecule has 4 nitrogen and oxygen atoms in total. The molecule has 1 aliphatic rings. The average Bonchev–Trinajstić information content (AvgIpc) is 2.57. The predicted octanol–water partition coefficient (Wildman–Crippen LogP) is 3.16. The lowest BCUT2D eigenvalue weighted by Crippen LogP contribution is -2.23. The smallest absolute Gasteiger partial charge is 0.150 e. The van der Waals surface area contributed by atoms with Crippen LogP contribution in [0.2, 0.25) is 0 Å². The Morgan fingerprint density at radius 3 is 2.59 bits per heavy atom. The summed E-state index contributed by atoms with van der Waals surface area (Å²) in [5, 5.41) is 1.83. The third-order valence-corrected chi connectivity index (χ3v) is 4.14. The Labute approximate surface area is 128 Å². The number of hydrogen-bond donors (Lipinski definition) is 0. The maximum absolute atomic E-state index is 11.4. The van der Waals surface area contributed by atoms with E-state index >= 15 is 0 Å². The highest BCUT2D eigenvalue weighted by atomic mass is 16.5. The highest BCUT2D eigenvalue weighted by Crippen LogP contribution is 2.40. The van der Waals surface area contributed by atoms with Crippen LogP contribution in [0.4, 0.5) is 0 Å². The number of fused-ring (bicyclic) bond motifs is 2. The molecule has 0 heterocycles. The molecule has 0 N–H and O–H groups in total. The number of carbonyl (C=O) groups is 2. The quantitative estimate of drug-likeness (QED) is 0.813. The SMILES string of the molecule is COC1=Cc2cc3c(C=O)cccc3cc2C(OC)C1C=O. The third kappa shape index (κ3) is 2.12. The molecule has 2 aromatic carbocycles. The normalized spacial score (nSPS) is 20.2. The summed E-state index contributed by atoms with van der Waals surface area (Å²) >= 11 is 0. The number of carbonyl (C=O) groups excluding carboxylic acids is 2. The molecule has 0 spiro atoms. The Morgan fingerprint density at radius 1 is 1.14 bits per heavy atom. The highest BCUT2D eigenvalue weighted by molar-refractivity contribution is 5.99. The molecule has 0 radical (unpaired) electrons. The number of benzene rings is 2. The summed E-state index contributed by atoms with van der Waals surface area (Å²) in [5.41, 5.74) is 2.47. The van der Waals surface area contributed by atoms with Crippen molar-refractivity contribution in [1.29, 1.82) is 0 Å². The van der Waals surface area contributed by atoms with Crippen molar-refractivity contribution < 1.29 is 19.1 Å². The van der Waals surface area contributed by atoms with Gasteiger partial charge >= 0.3 is 0 Å². The van der Waals surface area contributed by atoms with Crippen molar-refractivity contribution >= 4 is 29.4 Å². The topological polar surface area (TPSA) is 52.6 Å². The number of aldehydes is 2. The number of hydrogen-bond acceptors (Lipinski definition) is 4. The molecular formula is C18H16O4. The molecule has 2 aromatic rings. The zero-order valence-corrected chi connectivity index (χ0v) is 12.4. The first kappa shape index (κ1) is 14.5. The van der Waals surface area contributed by atoms with Gasteiger partial charge in [-0.1, -0.05) is 18.2 Å². The second-order valence-corrected chi connectivity index (χ2v) is 5.24. The van der Waals surface area contributed by atoms with Gasteiger partial charge in [-0.2, -0.15) is 0 Å². The minimum atomic E-state index is -0.464. The fourth-order valence-electron chi connectivity index (χ4n) is 3.06. The van der Waals surface area contributed by atoms with Gasteiger partial charge in [0, 0.05) is 12.7 Å². The molecule has 0 fully saturated rings. The van der Waals surface area contributed by atoms with Crippen LogP contribution >= 0.6 is 0 Å². The summed E-state index contributed by atoms with van der Waals surface area (Å²) in [4.78, 5) is 22.6. The van der Waals surface area contributed by atoms with E-state index in [1.54, 1.807) is 13.2 Å². The Balaban J connectivity index is 2.30. The molecule has 22 heavy (non-hydrogen) atoms. The van der Waals surface area contributed by atoms with Crippen LogP contribution < -0.4 is 0 Å². The van der Waals surface area contributed by atoms with Crippen molar-refractivity contribution in [1.82, 2.24) is 0 Å². The van der Waals surface area contributed by atoms with Gasteiger partial charge in [-0.15, -0.1) is 0 Å². The summed E-state index contributed by atoms with van der Waals surface area (Å²) < 4.78 is 10.9. The van der Waals surface area contributed by atoms with Crippen molar-refractivity contribution in [2.75, 3.05) is 14.2 Å². The first-order valence-electron chi connectivity index (χ1n) is 6.99. The van der Waals surface area contributed by atoms with Crippen molar-refractivity contribution in [3.05, 3.63) is 52.8 Å². The second-order valence-electron chi connectivity index (χ2n) is 5.24. The molecule has 1 aliphatic carbocycles. The van der Waals surface area contributed by atoms with Crippen molar-refractivity contribution in [2.24, 2.45) is 5.92 Å². The molecule has 0 aliphatic heterocycles. The van der Waals surface area contributed by atoms with E-state index in [9.17, 15) is 9.59 Å². The van der Waals surface area contributed by atoms with E-state index in [1.807, 2.05) is 30.3 Å². The summed E-state index contributed by atoms with van der Waals surface area (Å²) in [6.07, 6.45) is 3.14. The van der Waals surface area contributed by atoms with Crippen LogP contribution in [-0.4, -0.2) is 26.8 Å². The molecule has 0 aromatic heterocycles. The van der Waals surface area contributed by atoms with Gasteiger partial charge in [0.1, 0.15) is 18.0 Å². The zero-order chi connectivity index (χ0) is 15.7.